The van der Waals surface area contributed by atoms with E-state index in [1.165, 1.54) is 0 Å². The summed E-state index contributed by atoms with van der Waals surface area (Å²) in [4.78, 5) is 0. The molecule has 0 aliphatic carbocycles. The summed E-state index contributed by atoms with van der Waals surface area (Å²) in [5, 5.41) is 7.56. The van der Waals surface area contributed by atoms with E-state index in [0.717, 1.165) is 28.5 Å². The van der Waals surface area contributed by atoms with Gasteiger partial charge in [-0.15, -0.1) is 0 Å². The minimum absolute atomic E-state index is 0.208. The Balaban J connectivity index is 2.22. The van der Waals surface area contributed by atoms with Gasteiger partial charge in [0.25, 0.3) is 0 Å². The molecule has 1 unspecified atom stereocenters. The Morgan fingerprint density at radius 1 is 1.33 bits per heavy atom. The molecule has 1 aromatic carbocycles. The molecule has 1 aromatic heterocycles. The summed E-state index contributed by atoms with van der Waals surface area (Å²) in [5.74, 6) is 1.62. The van der Waals surface area contributed by atoms with E-state index in [-0.39, 0.29) is 6.04 Å². The van der Waals surface area contributed by atoms with Crippen LogP contribution in [0.15, 0.2) is 24.3 Å². The quantitative estimate of drug-likeness (QED) is 0.888. The van der Waals surface area contributed by atoms with Crippen LogP contribution in [0.3, 0.4) is 0 Å². The Kier molecular flexibility index (Phi) is 4.85. The predicted molar refractivity (Wildman–Crippen MR) is 82.7 cm³/mol. The minimum atomic E-state index is 0.208. The number of rotatable bonds is 6. The van der Waals surface area contributed by atoms with Crippen LogP contribution in [-0.2, 0) is 13.7 Å². The Bertz CT molecular complexity index is 608. The molecule has 5 heteroatoms. The van der Waals surface area contributed by atoms with Gasteiger partial charge in [0.15, 0.2) is 0 Å². The lowest BCUT2D eigenvalue weighted by Crippen LogP contribution is -2.14. The zero-order valence-corrected chi connectivity index (χ0v) is 13.3. The van der Waals surface area contributed by atoms with Crippen LogP contribution >= 0.6 is 0 Å². The van der Waals surface area contributed by atoms with Crippen molar-refractivity contribution in [3.05, 3.63) is 41.2 Å². The van der Waals surface area contributed by atoms with Crippen LogP contribution in [0.1, 0.15) is 29.9 Å². The smallest absolute Gasteiger partial charge is 0.130 e. The van der Waals surface area contributed by atoms with Crippen molar-refractivity contribution in [1.29, 1.82) is 0 Å². The van der Waals surface area contributed by atoms with E-state index < -0.39 is 0 Å². The zero-order valence-electron chi connectivity index (χ0n) is 13.3. The van der Waals surface area contributed by atoms with E-state index in [1.807, 2.05) is 50.0 Å². The van der Waals surface area contributed by atoms with Crippen LogP contribution in [-0.4, -0.2) is 23.9 Å². The standard InChI is InChI=1S/C16H23N3O2/c1-11-8-13(19(4)18-11)10-21-16-9-14(20-5)6-7-15(16)12(2)17-3/h6-9,12,17H,10H2,1-5H3. The third kappa shape index (κ3) is 3.55. The first-order chi connectivity index (χ1) is 10.0. The molecular formula is C16H23N3O2. The normalized spacial score (nSPS) is 12.2. The SMILES string of the molecule is CNC(C)c1ccc(OC)cc1OCc1cc(C)nn1C. The van der Waals surface area contributed by atoms with E-state index in [9.17, 15) is 0 Å². The Morgan fingerprint density at radius 2 is 2.10 bits per heavy atom. The molecular weight excluding hydrogens is 266 g/mol. The summed E-state index contributed by atoms with van der Waals surface area (Å²) in [7, 11) is 5.52. The van der Waals surface area contributed by atoms with Gasteiger partial charge in [0.1, 0.15) is 18.1 Å². The highest BCUT2D eigenvalue weighted by molar-refractivity contribution is 5.42. The largest absolute Gasteiger partial charge is 0.497 e. The Labute approximate surface area is 125 Å². The first-order valence-corrected chi connectivity index (χ1v) is 7.02. The van der Waals surface area contributed by atoms with Crippen molar-refractivity contribution >= 4 is 0 Å². The lowest BCUT2D eigenvalue weighted by atomic mass is 10.1. The molecule has 1 N–H and O–H groups in total. The van der Waals surface area contributed by atoms with Crippen LogP contribution in [0.25, 0.3) is 0 Å². The first-order valence-electron chi connectivity index (χ1n) is 7.02. The molecule has 0 saturated carbocycles. The van der Waals surface area contributed by atoms with Crippen molar-refractivity contribution < 1.29 is 9.47 Å². The second kappa shape index (κ2) is 6.63. The fraction of sp³-hybridized carbons (Fsp3) is 0.438. The molecule has 1 atom stereocenters. The summed E-state index contributed by atoms with van der Waals surface area (Å²) in [6, 6.07) is 8.14. The summed E-state index contributed by atoms with van der Waals surface area (Å²) < 4.78 is 13.1. The van der Waals surface area contributed by atoms with E-state index in [4.69, 9.17) is 9.47 Å². The van der Waals surface area contributed by atoms with Crippen molar-refractivity contribution in [2.24, 2.45) is 7.05 Å². The number of hydrogen-bond donors (Lipinski definition) is 1. The van der Waals surface area contributed by atoms with E-state index in [1.54, 1.807) is 7.11 Å². The van der Waals surface area contributed by atoms with Gasteiger partial charge < -0.3 is 14.8 Å². The summed E-state index contributed by atoms with van der Waals surface area (Å²) in [6.45, 7) is 4.56. The fourth-order valence-electron chi connectivity index (χ4n) is 2.23. The molecule has 0 bridgehead atoms. The number of nitrogens with zero attached hydrogens (tertiary/aromatic N) is 2. The maximum absolute atomic E-state index is 6.00. The van der Waals surface area contributed by atoms with Crippen LogP contribution in [0.4, 0.5) is 0 Å². The number of hydrogen-bond acceptors (Lipinski definition) is 4. The Morgan fingerprint density at radius 3 is 2.67 bits per heavy atom. The topological polar surface area (TPSA) is 48.3 Å². The van der Waals surface area contributed by atoms with Gasteiger partial charge in [-0.25, -0.2) is 0 Å². The molecule has 5 nitrogen and oxygen atoms in total. The highest BCUT2D eigenvalue weighted by atomic mass is 16.5. The first kappa shape index (κ1) is 15.4. The van der Waals surface area contributed by atoms with Crippen LogP contribution in [0.2, 0.25) is 0 Å². The van der Waals surface area contributed by atoms with Gasteiger partial charge in [-0.1, -0.05) is 6.07 Å². The molecule has 114 valence electrons. The van der Waals surface area contributed by atoms with Crippen molar-refractivity contribution in [1.82, 2.24) is 15.1 Å². The lowest BCUT2D eigenvalue weighted by molar-refractivity contribution is 0.287. The summed E-state index contributed by atoms with van der Waals surface area (Å²) in [5.41, 5.74) is 3.14. The Hall–Kier alpha value is -2.01. The number of ether oxygens (including phenoxy) is 2. The molecule has 0 aliphatic rings. The molecule has 0 fully saturated rings. The van der Waals surface area contributed by atoms with Crippen LogP contribution in [0, 0.1) is 6.92 Å². The van der Waals surface area contributed by atoms with Crippen molar-refractivity contribution in [2.45, 2.75) is 26.5 Å². The number of methoxy groups -OCH3 is 1. The maximum atomic E-state index is 6.00. The van der Waals surface area contributed by atoms with Gasteiger partial charge in [0, 0.05) is 24.7 Å². The van der Waals surface area contributed by atoms with Crippen LogP contribution in [0.5, 0.6) is 11.5 Å². The molecule has 0 amide bonds. The number of aryl methyl sites for hydroxylation is 2. The van der Waals surface area contributed by atoms with Gasteiger partial charge in [0.2, 0.25) is 0 Å². The molecule has 0 aliphatic heterocycles. The second-order valence-electron chi connectivity index (χ2n) is 5.10. The van der Waals surface area contributed by atoms with Gasteiger partial charge in [-0.05, 0) is 33.0 Å². The lowest BCUT2D eigenvalue weighted by Gasteiger charge is -2.17. The van der Waals surface area contributed by atoms with Gasteiger partial charge in [-0.3, -0.25) is 4.68 Å². The highest BCUT2D eigenvalue weighted by Gasteiger charge is 2.12. The third-order valence-electron chi connectivity index (χ3n) is 3.59. The van der Waals surface area contributed by atoms with E-state index in [2.05, 4.69) is 17.3 Å². The molecule has 2 aromatic rings. The fourth-order valence-corrected chi connectivity index (χ4v) is 2.23. The molecule has 1 heterocycles. The van der Waals surface area contributed by atoms with Gasteiger partial charge >= 0.3 is 0 Å². The zero-order chi connectivity index (χ0) is 15.4. The average molecular weight is 289 g/mol. The van der Waals surface area contributed by atoms with Gasteiger partial charge in [0.05, 0.1) is 18.5 Å². The number of benzene rings is 1. The maximum Gasteiger partial charge on any atom is 0.130 e. The van der Waals surface area contributed by atoms with Gasteiger partial charge in [-0.2, -0.15) is 5.10 Å². The van der Waals surface area contributed by atoms with Crippen molar-refractivity contribution in [3.8, 4) is 11.5 Å². The third-order valence-corrected chi connectivity index (χ3v) is 3.59. The van der Waals surface area contributed by atoms with Crippen molar-refractivity contribution in [2.75, 3.05) is 14.2 Å². The summed E-state index contributed by atoms with van der Waals surface area (Å²) in [6.07, 6.45) is 0. The summed E-state index contributed by atoms with van der Waals surface area (Å²) >= 11 is 0. The molecule has 2 rings (SSSR count). The minimum Gasteiger partial charge on any atom is -0.497 e. The average Bonchev–Trinajstić information content (AvgIpc) is 2.81. The number of aromatic nitrogens is 2. The highest BCUT2D eigenvalue weighted by Crippen LogP contribution is 2.30. The monoisotopic (exact) mass is 289 g/mol. The van der Waals surface area contributed by atoms with Crippen molar-refractivity contribution in [3.63, 3.8) is 0 Å². The molecule has 0 saturated heterocycles. The predicted octanol–water partition coefficient (Wildman–Crippen LogP) is 2.60. The molecule has 21 heavy (non-hydrogen) atoms. The van der Waals surface area contributed by atoms with E-state index in [0.29, 0.717) is 6.61 Å². The molecule has 0 spiro atoms. The molecule has 0 radical (unpaired) electrons. The number of nitrogens with one attached hydrogen (secondary N) is 1. The van der Waals surface area contributed by atoms with E-state index >= 15 is 0 Å². The second-order valence-corrected chi connectivity index (χ2v) is 5.10. The van der Waals surface area contributed by atoms with Crippen LogP contribution < -0.4 is 14.8 Å².